The van der Waals surface area contributed by atoms with Crippen LogP contribution in [-0.2, 0) is 10.0 Å². The largest absolute Gasteiger partial charge is 0.344 e. The third kappa shape index (κ3) is 3.49. The summed E-state index contributed by atoms with van der Waals surface area (Å²) in [6.07, 6.45) is 0.680. The summed E-state index contributed by atoms with van der Waals surface area (Å²) < 4.78 is 36.3. The first-order valence-electron chi connectivity index (χ1n) is 7.12. The molecule has 3 N–H and O–H groups in total. The van der Waals surface area contributed by atoms with Crippen LogP contribution in [0.2, 0.25) is 0 Å². The summed E-state index contributed by atoms with van der Waals surface area (Å²) in [6.45, 7) is 1.66. The smallest absolute Gasteiger partial charge is 0.262 e. The van der Waals surface area contributed by atoms with Crippen LogP contribution in [0.25, 0.3) is 0 Å². The van der Waals surface area contributed by atoms with Crippen LogP contribution in [0.3, 0.4) is 0 Å². The summed E-state index contributed by atoms with van der Waals surface area (Å²) in [5.41, 5.74) is 1.30. The van der Waals surface area contributed by atoms with Gasteiger partial charge in [0.25, 0.3) is 5.91 Å². The zero-order valence-corrected chi connectivity index (χ0v) is 15.2. The van der Waals surface area contributed by atoms with Gasteiger partial charge in [0, 0.05) is 10.6 Å². The molecule has 1 aliphatic rings. The fraction of sp³-hybridized carbons (Fsp3) is 0.267. The molecule has 1 aliphatic heterocycles. The van der Waals surface area contributed by atoms with E-state index in [0.29, 0.717) is 16.9 Å². The third-order valence-electron chi connectivity index (χ3n) is 3.70. The Morgan fingerprint density at radius 1 is 1.38 bits per heavy atom. The van der Waals surface area contributed by atoms with Crippen LogP contribution in [0, 0.1) is 12.7 Å². The zero-order valence-electron chi connectivity index (χ0n) is 12.7. The van der Waals surface area contributed by atoms with E-state index in [0.717, 1.165) is 27.5 Å². The van der Waals surface area contributed by atoms with Gasteiger partial charge in [0.1, 0.15) is 10.0 Å². The lowest BCUT2D eigenvalue weighted by Crippen LogP contribution is -2.30. The average molecular weight is 386 g/mol. The fourth-order valence-electron chi connectivity index (χ4n) is 2.56. The average Bonchev–Trinajstić information content (AvgIpc) is 2.90. The molecule has 0 saturated heterocycles. The number of carbonyl (C=O) groups is 1. The number of amides is 1. The molecule has 9 heteroatoms. The van der Waals surface area contributed by atoms with Gasteiger partial charge < -0.3 is 5.32 Å². The molecule has 2 heterocycles. The minimum atomic E-state index is -3.84. The van der Waals surface area contributed by atoms with Crippen molar-refractivity contribution in [2.75, 3.05) is 5.75 Å². The van der Waals surface area contributed by atoms with Gasteiger partial charge >= 0.3 is 0 Å². The Hall–Kier alpha value is -1.42. The molecule has 1 aromatic carbocycles. The van der Waals surface area contributed by atoms with E-state index in [1.54, 1.807) is 24.8 Å². The molecule has 0 fully saturated rings. The number of sulfonamides is 1. The Bertz CT molecular complexity index is 909. The molecule has 2 aromatic rings. The second kappa shape index (κ2) is 6.47. The van der Waals surface area contributed by atoms with Gasteiger partial charge in [-0.25, -0.2) is 17.9 Å². The number of fused-ring (bicyclic) bond motifs is 1. The molecule has 0 radical (unpaired) electrons. The van der Waals surface area contributed by atoms with E-state index >= 15 is 0 Å². The number of hydrogen-bond donors (Lipinski definition) is 2. The molecule has 0 spiro atoms. The lowest BCUT2D eigenvalue weighted by atomic mass is 10.0. The van der Waals surface area contributed by atoms with Crippen LogP contribution in [0.1, 0.15) is 33.3 Å². The zero-order chi connectivity index (χ0) is 17.5. The number of primary sulfonamides is 1. The van der Waals surface area contributed by atoms with Crippen molar-refractivity contribution in [2.24, 2.45) is 5.14 Å². The van der Waals surface area contributed by atoms with Crippen LogP contribution >= 0.6 is 23.1 Å². The minimum absolute atomic E-state index is 0.0456. The standard InChI is InChI=1S/C15H15FN2O3S3/c1-8-6-13(24(17,20)21)23-14(8)15(19)18-11-4-5-22-12-3-2-9(16)7-10(11)12/h2-3,6-7,11H,4-5H2,1H3,(H,18,19)(H2,17,20,21)/t11-/m1/s1. The van der Waals surface area contributed by atoms with E-state index in [1.165, 1.54) is 18.2 Å². The number of thiophene rings is 1. The van der Waals surface area contributed by atoms with Crippen molar-refractivity contribution in [1.29, 1.82) is 0 Å². The maximum absolute atomic E-state index is 13.5. The van der Waals surface area contributed by atoms with Crippen molar-refractivity contribution in [3.8, 4) is 0 Å². The molecule has 1 atom stereocenters. The number of nitrogens with one attached hydrogen (secondary N) is 1. The Balaban J connectivity index is 1.87. The summed E-state index contributed by atoms with van der Waals surface area (Å²) in [4.78, 5) is 13.8. The molecule has 5 nitrogen and oxygen atoms in total. The number of halogens is 1. The highest BCUT2D eigenvalue weighted by atomic mass is 32.2. The van der Waals surface area contributed by atoms with Crippen LogP contribution in [0.4, 0.5) is 4.39 Å². The monoisotopic (exact) mass is 386 g/mol. The lowest BCUT2D eigenvalue weighted by Gasteiger charge is -2.25. The number of carbonyl (C=O) groups excluding carboxylic acids is 1. The van der Waals surface area contributed by atoms with Crippen molar-refractivity contribution in [3.05, 3.63) is 46.1 Å². The van der Waals surface area contributed by atoms with Crippen LogP contribution in [-0.4, -0.2) is 20.1 Å². The van der Waals surface area contributed by atoms with Gasteiger partial charge in [0.15, 0.2) is 0 Å². The summed E-state index contributed by atoms with van der Waals surface area (Å²) >= 11 is 2.47. The number of aryl methyl sites for hydroxylation is 1. The first-order valence-corrected chi connectivity index (χ1v) is 10.5. The molecular weight excluding hydrogens is 371 g/mol. The molecule has 128 valence electrons. The maximum Gasteiger partial charge on any atom is 0.262 e. The van der Waals surface area contributed by atoms with Crippen molar-refractivity contribution < 1.29 is 17.6 Å². The number of nitrogens with two attached hydrogens (primary N) is 1. The normalized spacial score (nSPS) is 17.4. The van der Waals surface area contributed by atoms with E-state index in [2.05, 4.69) is 5.32 Å². The summed E-state index contributed by atoms with van der Waals surface area (Å²) in [5.74, 6) is 0.0916. The van der Waals surface area contributed by atoms with Crippen LogP contribution in [0.5, 0.6) is 0 Å². The molecule has 1 aromatic heterocycles. The first-order chi connectivity index (χ1) is 11.3. The molecule has 1 amide bonds. The number of rotatable bonds is 3. The second-order valence-electron chi connectivity index (χ2n) is 5.47. The van der Waals surface area contributed by atoms with Crippen molar-refractivity contribution >= 4 is 39.0 Å². The lowest BCUT2D eigenvalue weighted by molar-refractivity contribution is 0.0938. The van der Waals surface area contributed by atoms with Crippen molar-refractivity contribution in [3.63, 3.8) is 0 Å². The van der Waals surface area contributed by atoms with Gasteiger partial charge in [0.05, 0.1) is 10.9 Å². The molecule has 24 heavy (non-hydrogen) atoms. The predicted octanol–water partition coefficient (Wildman–Crippen LogP) is 2.81. The van der Waals surface area contributed by atoms with E-state index in [4.69, 9.17) is 5.14 Å². The number of hydrogen-bond acceptors (Lipinski definition) is 5. The maximum atomic E-state index is 13.5. The van der Waals surface area contributed by atoms with Gasteiger partial charge in [-0.1, -0.05) is 0 Å². The molecule has 0 unspecified atom stereocenters. The highest BCUT2D eigenvalue weighted by molar-refractivity contribution is 7.99. The van der Waals surface area contributed by atoms with Crippen molar-refractivity contribution in [1.82, 2.24) is 5.32 Å². The van der Waals surface area contributed by atoms with Gasteiger partial charge in [0.2, 0.25) is 10.0 Å². The quantitative estimate of drug-likeness (QED) is 0.849. The van der Waals surface area contributed by atoms with Gasteiger partial charge in [-0.2, -0.15) is 0 Å². The SMILES string of the molecule is Cc1cc(S(N)(=O)=O)sc1C(=O)N[C@@H]1CCSc2ccc(F)cc21. The fourth-order valence-corrected chi connectivity index (χ4v) is 5.53. The van der Waals surface area contributed by atoms with Crippen LogP contribution < -0.4 is 10.5 Å². The Morgan fingerprint density at radius 2 is 2.12 bits per heavy atom. The number of benzene rings is 1. The molecule has 3 rings (SSSR count). The number of thioether (sulfide) groups is 1. The van der Waals surface area contributed by atoms with Crippen molar-refractivity contribution in [2.45, 2.75) is 28.5 Å². The van der Waals surface area contributed by atoms with Gasteiger partial charge in [-0.15, -0.1) is 23.1 Å². The summed E-state index contributed by atoms with van der Waals surface area (Å²) in [6, 6.07) is 5.63. The molecule has 0 bridgehead atoms. The third-order valence-corrected chi connectivity index (χ3v) is 7.48. The van der Waals surface area contributed by atoms with E-state index in [9.17, 15) is 17.6 Å². The highest BCUT2D eigenvalue weighted by Crippen LogP contribution is 2.37. The summed E-state index contributed by atoms with van der Waals surface area (Å²) in [7, 11) is -3.84. The van der Waals surface area contributed by atoms with Crippen LogP contribution in [0.15, 0.2) is 33.4 Å². The Kier molecular flexibility index (Phi) is 4.69. The Morgan fingerprint density at radius 3 is 2.79 bits per heavy atom. The summed E-state index contributed by atoms with van der Waals surface area (Å²) in [5, 5.41) is 7.99. The topological polar surface area (TPSA) is 89.3 Å². The highest BCUT2D eigenvalue weighted by Gasteiger charge is 2.25. The molecular formula is C15H15FN2O3S3. The van der Waals surface area contributed by atoms with E-state index < -0.39 is 10.0 Å². The first kappa shape index (κ1) is 17.4. The predicted molar refractivity (Wildman–Crippen MR) is 92.4 cm³/mol. The Labute approximate surface area is 147 Å². The van der Waals surface area contributed by atoms with Gasteiger partial charge in [-0.3, -0.25) is 4.79 Å². The molecule has 0 saturated carbocycles. The van der Waals surface area contributed by atoms with E-state index in [-0.39, 0.29) is 22.0 Å². The minimum Gasteiger partial charge on any atom is -0.344 e. The molecule has 0 aliphatic carbocycles. The second-order valence-corrected chi connectivity index (χ2v) is 9.45. The van der Waals surface area contributed by atoms with E-state index in [1.807, 2.05) is 0 Å². The van der Waals surface area contributed by atoms with Gasteiger partial charge in [-0.05, 0) is 48.7 Å².